The Morgan fingerprint density at radius 1 is 1.10 bits per heavy atom. The minimum absolute atomic E-state index is 0.0100. The van der Waals surface area contributed by atoms with Crippen LogP contribution in [-0.2, 0) is 11.2 Å². The number of amides is 1. The maximum atomic E-state index is 11.8. The molecule has 0 saturated carbocycles. The van der Waals surface area contributed by atoms with Crippen molar-refractivity contribution < 1.29 is 9.53 Å². The third-order valence-corrected chi connectivity index (χ3v) is 3.55. The van der Waals surface area contributed by atoms with Crippen molar-refractivity contribution in [2.24, 2.45) is 0 Å². The average Bonchev–Trinajstić information content (AvgIpc) is 2.47. The standard InChI is InChI=1S/C16H16INO2/c1-2-12-3-7-14(8-4-12)18-16(19)11-20-15-9-5-13(17)6-10-15/h3-10H,2,11H2,1H3,(H,18,19). The van der Waals surface area contributed by atoms with E-state index >= 15 is 0 Å². The van der Waals surface area contributed by atoms with Crippen molar-refractivity contribution in [2.75, 3.05) is 11.9 Å². The maximum Gasteiger partial charge on any atom is 0.262 e. The number of nitrogens with one attached hydrogen (secondary N) is 1. The molecule has 0 atom stereocenters. The van der Waals surface area contributed by atoms with Crippen LogP contribution in [0.5, 0.6) is 5.75 Å². The highest BCUT2D eigenvalue weighted by Crippen LogP contribution is 2.14. The van der Waals surface area contributed by atoms with E-state index in [1.54, 1.807) is 0 Å². The molecule has 2 aromatic carbocycles. The molecular formula is C16H16INO2. The predicted octanol–water partition coefficient (Wildman–Crippen LogP) is 3.87. The Kier molecular flexibility index (Phi) is 5.40. The molecule has 0 radical (unpaired) electrons. The summed E-state index contributed by atoms with van der Waals surface area (Å²) in [6.45, 7) is 2.11. The second kappa shape index (κ2) is 7.28. The first-order valence-corrected chi connectivity index (χ1v) is 7.52. The van der Waals surface area contributed by atoms with E-state index in [1.165, 1.54) is 5.56 Å². The van der Waals surface area contributed by atoms with E-state index in [1.807, 2.05) is 48.5 Å². The monoisotopic (exact) mass is 381 g/mol. The summed E-state index contributed by atoms with van der Waals surface area (Å²) in [6.07, 6.45) is 0.990. The normalized spacial score (nSPS) is 10.1. The van der Waals surface area contributed by atoms with Crippen molar-refractivity contribution in [1.82, 2.24) is 0 Å². The third-order valence-electron chi connectivity index (χ3n) is 2.83. The van der Waals surface area contributed by atoms with Crippen LogP contribution in [0.1, 0.15) is 12.5 Å². The van der Waals surface area contributed by atoms with Crippen molar-refractivity contribution in [3.05, 3.63) is 57.7 Å². The quantitative estimate of drug-likeness (QED) is 0.799. The van der Waals surface area contributed by atoms with Gasteiger partial charge in [-0.2, -0.15) is 0 Å². The van der Waals surface area contributed by atoms with Crippen molar-refractivity contribution >= 4 is 34.2 Å². The van der Waals surface area contributed by atoms with E-state index in [0.29, 0.717) is 5.75 Å². The number of hydrogen-bond acceptors (Lipinski definition) is 2. The van der Waals surface area contributed by atoms with Gasteiger partial charge in [-0.3, -0.25) is 4.79 Å². The lowest BCUT2D eigenvalue weighted by Crippen LogP contribution is -2.20. The first-order chi connectivity index (χ1) is 9.67. The van der Waals surface area contributed by atoms with Gasteiger partial charge in [-0.05, 0) is 71.0 Å². The van der Waals surface area contributed by atoms with Gasteiger partial charge in [0, 0.05) is 9.26 Å². The number of halogens is 1. The Labute approximate surface area is 132 Å². The molecule has 2 rings (SSSR count). The summed E-state index contributed by atoms with van der Waals surface area (Å²) in [4.78, 5) is 11.8. The molecule has 0 saturated heterocycles. The number of aryl methyl sites for hydroxylation is 1. The number of ether oxygens (including phenoxy) is 1. The fraction of sp³-hybridized carbons (Fsp3) is 0.188. The zero-order valence-electron chi connectivity index (χ0n) is 11.2. The van der Waals surface area contributed by atoms with Crippen molar-refractivity contribution in [3.63, 3.8) is 0 Å². The lowest BCUT2D eigenvalue weighted by atomic mass is 10.1. The molecule has 3 nitrogen and oxygen atoms in total. The van der Waals surface area contributed by atoms with Crippen LogP contribution in [0, 0.1) is 3.57 Å². The topological polar surface area (TPSA) is 38.3 Å². The second-order valence-corrected chi connectivity index (χ2v) is 5.59. The highest BCUT2D eigenvalue weighted by molar-refractivity contribution is 14.1. The fourth-order valence-corrected chi connectivity index (χ4v) is 2.06. The SMILES string of the molecule is CCc1ccc(NC(=O)COc2ccc(I)cc2)cc1. The maximum absolute atomic E-state index is 11.8. The molecule has 0 aliphatic heterocycles. The molecule has 2 aromatic rings. The first kappa shape index (κ1) is 14.8. The van der Waals surface area contributed by atoms with Gasteiger partial charge in [0.2, 0.25) is 0 Å². The van der Waals surface area contributed by atoms with Crippen LogP contribution >= 0.6 is 22.6 Å². The molecule has 0 spiro atoms. The van der Waals surface area contributed by atoms with Gasteiger partial charge in [0.1, 0.15) is 5.75 Å². The molecule has 0 aliphatic rings. The fourth-order valence-electron chi connectivity index (χ4n) is 1.70. The smallest absolute Gasteiger partial charge is 0.262 e. The van der Waals surface area contributed by atoms with Crippen LogP contribution in [-0.4, -0.2) is 12.5 Å². The van der Waals surface area contributed by atoms with Gasteiger partial charge in [0.05, 0.1) is 0 Å². The second-order valence-electron chi connectivity index (χ2n) is 4.34. The minimum atomic E-state index is -0.159. The Bertz CT molecular complexity index is 564. The summed E-state index contributed by atoms with van der Waals surface area (Å²) in [5.41, 5.74) is 2.04. The van der Waals surface area contributed by atoms with Crippen LogP contribution in [0.15, 0.2) is 48.5 Å². The van der Waals surface area contributed by atoms with Crippen LogP contribution < -0.4 is 10.1 Å². The molecule has 0 fully saturated rings. The lowest BCUT2D eigenvalue weighted by Gasteiger charge is -2.08. The molecule has 4 heteroatoms. The molecule has 20 heavy (non-hydrogen) atoms. The van der Waals surface area contributed by atoms with Gasteiger partial charge in [0.15, 0.2) is 6.61 Å². The molecule has 0 heterocycles. The number of hydrogen-bond donors (Lipinski definition) is 1. The number of carbonyl (C=O) groups is 1. The van der Waals surface area contributed by atoms with Gasteiger partial charge in [-0.25, -0.2) is 0 Å². The van der Waals surface area contributed by atoms with E-state index in [0.717, 1.165) is 15.7 Å². The summed E-state index contributed by atoms with van der Waals surface area (Å²) < 4.78 is 6.56. The predicted molar refractivity (Wildman–Crippen MR) is 89.1 cm³/mol. The Balaban J connectivity index is 1.84. The van der Waals surface area contributed by atoms with Gasteiger partial charge < -0.3 is 10.1 Å². The number of rotatable bonds is 5. The summed E-state index contributed by atoms with van der Waals surface area (Å²) in [7, 11) is 0. The minimum Gasteiger partial charge on any atom is -0.484 e. The summed E-state index contributed by atoms with van der Waals surface area (Å²) in [6, 6.07) is 15.4. The van der Waals surface area contributed by atoms with Gasteiger partial charge >= 0.3 is 0 Å². The molecule has 104 valence electrons. The summed E-state index contributed by atoms with van der Waals surface area (Å²) in [5.74, 6) is 0.537. The molecular weight excluding hydrogens is 365 g/mol. The van der Waals surface area contributed by atoms with E-state index in [4.69, 9.17) is 4.74 Å². The zero-order chi connectivity index (χ0) is 14.4. The number of anilines is 1. The third kappa shape index (κ3) is 4.52. The van der Waals surface area contributed by atoms with Crippen LogP contribution in [0.4, 0.5) is 5.69 Å². The number of benzene rings is 2. The summed E-state index contributed by atoms with van der Waals surface area (Å²) in [5, 5.41) is 2.81. The lowest BCUT2D eigenvalue weighted by molar-refractivity contribution is -0.118. The van der Waals surface area contributed by atoms with E-state index in [-0.39, 0.29) is 12.5 Å². The molecule has 0 aromatic heterocycles. The average molecular weight is 381 g/mol. The molecule has 0 aliphatic carbocycles. The van der Waals surface area contributed by atoms with Gasteiger partial charge in [-0.15, -0.1) is 0 Å². The molecule has 1 N–H and O–H groups in total. The van der Waals surface area contributed by atoms with Crippen LogP contribution in [0.3, 0.4) is 0 Å². The van der Waals surface area contributed by atoms with Gasteiger partial charge in [0.25, 0.3) is 5.91 Å². The van der Waals surface area contributed by atoms with Crippen molar-refractivity contribution in [1.29, 1.82) is 0 Å². The van der Waals surface area contributed by atoms with Crippen molar-refractivity contribution in [3.8, 4) is 5.75 Å². The summed E-state index contributed by atoms with van der Waals surface area (Å²) >= 11 is 2.22. The van der Waals surface area contributed by atoms with E-state index < -0.39 is 0 Å². The largest absolute Gasteiger partial charge is 0.484 e. The Hall–Kier alpha value is -1.56. The number of carbonyl (C=O) groups excluding carboxylic acids is 1. The van der Waals surface area contributed by atoms with Crippen LogP contribution in [0.25, 0.3) is 0 Å². The van der Waals surface area contributed by atoms with Gasteiger partial charge in [-0.1, -0.05) is 19.1 Å². The molecule has 0 bridgehead atoms. The van der Waals surface area contributed by atoms with Crippen LogP contribution in [0.2, 0.25) is 0 Å². The van der Waals surface area contributed by atoms with Crippen molar-refractivity contribution in [2.45, 2.75) is 13.3 Å². The Morgan fingerprint density at radius 3 is 2.35 bits per heavy atom. The highest BCUT2D eigenvalue weighted by Gasteiger charge is 2.03. The van der Waals surface area contributed by atoms with E-state index in [2.05, 4.69) is 34.8 Å². The van der Waals surface area contributed by atoms with E-state index in [9.17, 15) is 4.79 Å². The zero-order valence-corrected chi connectivity index (χ0v) is 13.4. The molecule has 1 amide bonds. The molecule has 0 unspecified atom stereocenters. The first-order valence-electron chi connectivity index (χ1n) is 6.44. The Morgan fingerprint density at radius 2 is 1.75 bits per heavy atom. The highest BCUT2D eigenvalue weighted by atomic mass is 127.